The first-order chi connectivity index (χ1) is 27.8. The third-order valence-corrected chi connectivity index (χ3v) is 11.3. The normalized spacial score (nSPS) is 11.6. The Balaban J connectivity index is 1.03. The van der Waals surface area contributed by atoms with Gasteiger partial charge in [-0.15, -0.1) is 0 Å². The Bertz CT molecular complexity index is 3150. The average Bonchev–Trinajstić information content (AvgIpc) is 3.79. The fraction of sp³-hybridized carbons (Fsp3) is 0. The Morgan fingerprint density at radius 3 is 1.20 bits per heavy atom. The lowest BCUT2D eigenvalue weighted by molar-refractivity contribution is 1.18. The lowest BCUT2D eigenvalue weighted by Gasteiger charge is -2.13. The summed E-state index contributed by atoms with van der Waals surface area (Å²) in [5, 5.41) is 5.01. The molecule has 0 spiro atoms. The Morgan fingerprint density at radius 1 is 0.196 bits per heavy atom. The number of hydrogen-bond acceptors (Lipinski definition) is 0. The van der Waals surface area contributed by atoms with Crippen molar-refractivity contribution >= 4 is 43.6 Å². The summed E-state index contributed by atoms with van der Waals surface area (Å²) in [6, 6.07) is 79.4. The SMILES string of the molecule is c1ccc(-c2cc(-c3ccccc3)cc(-c3ccc(-n4c5ccccc5c5ccc(-c6ccc7c(c6)c6ccccc6n7-c6ccccc6)cc54)cc3)c2)cc1. The largest absolute Gasteiger partial charge is 0.309 e. The smallest absolute Gasteiger partial charge is 0.0547 e. The second kappa shape index (κ2) is 13.2. The van der Waals surface area contributed by atoms with E-state index >= 15 is 0 Å². The van der Waals surface area contributed by atoms with Gasteiger partial charge in [0.05, 0.1) is 22.1 Å². The molecular weight excluding hydrogens is 677 g/mol. The van der Waals surface area contributed by atoms with E-state index in [0.717, 1.165) is 5.69 Å². The van der Waals surface area contributed by atoms with Gasteiger partial charge in [0.1, 0.15) is 0 Å². The van der Waals surface area contributed by atoms with Gasteiger partial charge in [0, 0.05) is 32.9 Å². The van der Waals surface area contributed by atoms with Crippen LogP contribution >= 0.6 is 0 Å². The van der Waals surface area contributed by atoms with Crippen LogP contribution in [0.5, 0.6) is 0 Å². The average molecular weight is 713 g/mol. The van der Waals surface area contributed by atoms with E-state index in [1.807, 2.05) is 0 Å². The summed E-state index contributed by atoms with van der Waals surface area (Å²) >= 11 is 0. The molecule has 2 aromatic heterocycles. The highest BCUT2D eigenvalue weighted by molar-refractivity contribution is 6.12. The fourth-order valence-corrected chi connectivity index (χ4v) is 8.63. The molecule has 9 aromatic carbocycles. The summed E-state index contributed by atoms with van der Waals surface area (Å²) in [6.45, 7) is 0. The van der Waals surface area contributed by atoms with Crippen molar-refractivity contribution in [3.63, 3.8) is 0 Å². The van der Waals surface area contributed by atoms with Gasteiger partial charge < -0.3 is 9.13 Å². The molecule has 2 heterocycles. The highest BCUT2D eigenvalue weighted by atomic mass is 15.0. The van der Waals surface area contributed by atoms with Crippen LogP contribution < -0.4 is 0 Å². The lowest BCUT2D eigenvalue weighted by Crippen LogP contribution is -1.94. The summed E-state index contributed by atoms with van der Waals surface area (Å²) in [6.07, 6.45) is 0. The molecule has 56 heavy (non-hydrogen) atoms. The van der Waals surface area contributed by atoms with Gasteiger partial charge in [0.15, 0.2) is 0 Å². The van der Waals surface area contributed by atoms with Gasteiger partial charge in [-0.05, 0) is 117 Å². The molecule has 11 aromatic rings. The Hall–Kier alpha value is -7.42. The van der Waals surface area contributed by atoms with Gasteiger partial charge >= 0.3 is 0 Å². The minimum atomic E-state index is 1.14. The quantitative estimate of drug-likeness (QED) is 0.162. The van der Waals surface area contributed by atoms with Crippen LogP contribution in [-0.2, 0) is 0 Å². The molecule has 2 nitrogen and oxygen atoms in total. The second-order valence-electron chi connectivity index (χ2n) is 14.6. The molecule has 0 saturated heterocycles. The minimum absolute atomic E-state index is 1.14. The predicted octanol–water partition coefficient (Wildman–Crippen LogP) is 14.5. The number of fused-ring (bicyclic) bond motifs is 6. The van der Waals surface area contributed by atoms with Gasteiger partial charge in [-0.3, -0.25) is 0 Å². The van der Waals surface area contributed by atoms with Crippen molar-refractivity contribution in [1.82, 2.24) is 9.13 Å². The summed E-state index contributed by atoms with van der Waals surface area (Å²) in [7, 11) is 0. The Morgan fingerprint density at radius 2 is 0.589 bits per heavy atom. The number of hydrogen-bond donors (Lipinski definition) is 0. The number of benzene rings is 9. The lowest BCUT2D eigenvalue weighted by atomic mass is 9.93. The highest BCUT2D eigenvalue weighted by Crippen LogP contribution is 2.39. The molecule has 11 rings (SSSR count). The van der Waals surface area contributed by atoms with Crippen LogP contribution in [0.4, 0.5) is 0 Å². The topological polar surface area (TPSA) is 9.86 Å². The molecule has 0 aliphatic carbocycles. The second-order valence-corrected chi connectivity index (χ2v) is 14.6. The van der Waals surface area contributed by atoms with E-state index in [0.29, 0.717) is 0 Å². The van der Waals surface area contributed by atoms with E-state index in [1.54, 1.807) is 0 Å². The highest BCUT2D eigenvalue weighted by Gasteiger charge is 2.16. The summed E-state index contributed by atoms with van der Waals surface area (Å²) < 4.78 is 4.80. The molecule has 0 aliphatic rings. The van der Waals surface area contributed by atoms with Gasteiger partial charge in [-0.2, -0.15) is 0 Å². The van der Waals surface area contributed by atoms with Crippen molar-refractivity contribution in [2.24, 2.45) is 0 Å². The minimum Gasteiger partial charge on any atom is -0.309 e. The zero-order valence-electron chi connectivity index (χ0n) is 30.7. The maximum atomic E-state index is 2.42. The van der Waals surface area contributed by atoms with E-state index in [1.165, 1.54) is 93.8 Å². The first kappa shape index (κ1) is 32.0. The van der Waals surface area contributed by atoms with Gasteiger partial charge in [0.2, 0.25) is 0 Å². The van der Waals surface area contributed by atoms with Crippen molar-refractivity contribution in [3.8, 4) is 55.9 Å². The van der Waals surface area contributed by atoms with Crippen molar-refractivity contribution in [2.75, 3.05) is 0 Å². The molecule has 0 bridgehead atoms. The standard InChI is InChI=1S/C54H36N2/c1-4-14-37(15-5-1)42-32-43(38-16-6-2-7-17-38)34-44(33-42)39-24-28-46(29-25-39)56-51-22-12-10-20-47(51)49-30-26-41(36-54(49)56)40-27-31-53-50(35-40)48-21-11-13-23-52(48)55(53)45-18-8-3-9-19-45/h1-36H. The zero-order chi connectivity index (χ0) is 37.0. The molecule has 0 unspecified atom stereocenters. The van der Waals surface area contributed by atoms with Crippen LogP contribution in [-0.4, -0.2) is 9.13 Å². The van der Waals surface area contributed by atoms with E-state index in [9.17, 15) is 0 Å². The van der Waals surface area contributed by atoms with E-state index in [-0.39, 0.29) is 0 Å². The molecule has 262 valence electrons. The fourth-order valence-electron chi connectivity index (χ4n) is 8.63. The molecule has 0 aliphatic heterocycles. The van der Waals surface area contributed by atoms with Gasteiger partial charge in [0.25, 0.3) is 0 Å². The summed E-state index contributed by atoms with van der Waals surface area (Å²) in [4.78, 5) is 0. The number of nitrogens with zero attached hydrogens (tertiary/aromatic N) is 2. The van der Waals surface area contributed by atoms with Crippen molar-refractivity contribution in [3.05, 3.63) is 218 Å². The predicted molar refractivity (Wildman–Crippen MR) is 237 cm³/mol. The van der Waals surface area contributed by atoms with Crippen molar-refractivity contribution < 1.29 is 0 Å². The van der Waals surface area contributed by atoms with Crippen LogP contribution in [0, 0.1) is 0 Å². The Kier molecular flexibility index (Phi) is 7.53. The molecule has 0 fully saturated rings. The van der Waals surface area contributed by atoms with Crippen LogP contribution in [0.25, 0.3) is 99.5 Å². The molecular formula is C54H36N2. The molecule has 0 saturated carbocycles. The number of rotatable bonds is 6. The summed E-state index contributed by atoms with van der Waals surface area (Å²) in [5.74, 6) is 0. The van der Waals surface area contributed by atoms with Crippen LogP contribution in [0.2, 0.25) is 0 Å². The number of aromatic nitrogens is 2. The Labute approximate surface area is 325 Å². The van der Waals surface area contributed by atoms with E-state index in [2.05, 4.69) is 228 Å². The van der Waals surface area contributed by atoms with Crippen LogP contribution in [0.1, 0.15) is 0 Å². The molecule has 0 N–H and O–H groups in total. The third-order valence-electron chi connectivity index (χ3n) is 11.3. The zero-order valence-corrected chi connectivity index (χ0v) is 30.7. The first-order valence-corrected chi connectivity index (χ1v) is 19.3. The maximum Gasteiger partial charge on any atom is 0.0547 e. The van der Waals surface area contributed by atoms with Gasteiger partial charge in [-0.1, -0.05) is 146 Å². The maximum absolute atomic E-state index is 2.42. The molecule has 0 atom stereocenters. The van der Waals surface area contributed by atoms with Crippen LogP contribution in [0.3, 0.4) is 0 Å². The molecule has 2 heteroatoms. The van der Waals surface area contributed by atoms with E-state index in [4.69, 9.17) is 0 Å². The molecule has 0 radical (unpaired) electrons. The summed E-state index contributed by atoms with van der Waals surface area (Å²) in [5.41, 5.74) is 16.8. The monoisotopic (exact) mass is 712 g/mol. The molecule has 0 amide bonds. The first-order valence-electron chi connectivity index (χ1n) is 19.3. The van der Waals surface area contributed by atoms with E-state index < -0.39 is 0 Å². The third kappa shape index (κ3) is 5.34. The van der Waals surface area contributed by atoms with Crippen LogP contribution in [0.15, 0.2) is 218 Å². The van der Waals surface area contributed by atoms with Crippen molar-refractivity contribution in [2.45, 2.75) is 0 Å². The van der Waals surface area contributed by atoms with Crippen molar-refractivity contribution in [1.29, 1.82) is 0 Å². The van der Waals surface area contributed by atoms with Gasteiger partial charge in [-0.25, -0.2) is 0 Å². The number of para-hydroxylation sites is 3.